The van der Waals surface area contributed by atoms with Crippen LogP contribution >= 0.6 is 0 Å². The van der Waals surface area contributed by atoms with Gasteiger partial charge in [0.1, 0.15) is 0 Å². The quantitative estimate of drug-likeness (QED) is 0.635. The smallest absolute Gasteiger partial charge is 0.0617 e. The number of rotatable bonds is 6. The van der Waals surface area contributed by atoms with E-state index in [0.29, 0.717) is 19.2 Å². The summed E-state index contributed by atoms with van der Waals surface area (Å²) in [7, 11) is 0. The lowest BCUT2D eigenvalue weighted by atomic mass is 9.95. The summed E-state index contributed by atoms with van der Waals surface area (Å²) in [6.07, 6.45) is 6.85. The zero-order valence-electron chi connectivity index (χ0n) is 9.30. The van der Waals surface area contributed by atoms with Crippen molar-refractivity contribution in [3.63, 3.8) is 0 Å². The van der Waals surface area contributed by atoms with Crippen LogP contribution in [0.4, 0.5) is 0 Å². The largest absolute Gasteiger partial charge is 0.379 e. The first-order valence-electron chi connectivity index (χ1n) is 5.87. The molecule has 0 amide bonds. The van der Waals surface area contributed by atoms with Crippen molar-refractivity contribution in [3.8, 4) is 0 Å². The lowest BCUT2D eigenvalue weighted by Crippen LogP contribution is -2.40. The second-order valence-corrected chi connectivity index (χ2v) is 4.27. The van der Waals surface area contributed by atoms with Crippen LogP contribution in [-0.2, 0) is 4.74 Å². The fourth-order valence-electron chi connectivity index (χ4n) is 2.06. The topological polar surface area (TPSA) is 47.3 Å². The van der Waals surface area contributed by atoms with Crippen LogP contribution in [-0.4, -0.2) is 31.8 Å². The second kappa shape index (κ2) is 7.21. The normalized spacial score (nSPS) is 21.0. The Labute approximate surface area is 87.4 Å². The molecule has 1 rings (SSSR count). The Morgan fingerprint density at radius 2 is 2.07 bits per heavy atom. The highest BCUT2D eigenvalue weighted by atomic mass is 16.5. The summed E-state index contributed by atoms with van der Waals surface area (Å²) < 4.78 is 5.40. The van der Waals surface area contributed by atoms with Gasteiger partial charge in [-0.25, -0.2) is 0 Å². The van der Waals surface area contributed by atoms with E-state index in [1.54, 1.807) is 0 Å². The van der Waals surface area contributed by atoms with Gasteiger partial charge in [0.25, 0.3) is 0 Å². The van der Waals surface area contributed by atoms with Crippen molar-refractivity contribution in [3.05, 3.63) is 0 Å². The molecule has 0 heterocycles. The van der Waals surface area contributed by atoms with E-state index in [-0.39, 0.29) is 0 Å². The Morgan fingerprint density at radius 3 is 2.71 bits per heavy atom. The molecule has 1 atom stereocenters. The second-order valence-electron chi connectivity index (χ2n) is 4.27. The fraction of sp³-hybridized carbons (Fsp3) is 1.00. The molecule has 3 nitrogen and oxygen atoms in total. The van der Waals surface area contributed by atoms with Crippen molar-refractivity contribution in [2.75, 3.05) is 19.8 Å². The van der Waals surface area contributed by atoms with E-state index in [0.717, 1.165) is 12.6 Å². The van der Waals surface area contributed by atoms with Crippen molar-refractivity contribution in [1.29, 1.82) is 0 Å². The van der Waals surface area contributed by atoms with Crippen molar-refractivity contribution in [2.24, 2.45) is 5.73 Å². The van der Waals surface area contributed by atoms with E-state index in [1.807, 2.05) is 0 Å². The molecule has 1 aliphatic carbocycles. The van der Waals surface area contributed by atoms with Gasteiger partial charge in [-0.15, -0.1) is 0 Å². The number of nitrogens with two attached hydrogens (primary N) is 1. The highest BCUT2D eigenvalue weighted by Crippen LogP contribution is 2.17. The third kappa shape index (κ3) is 4.94. The van der Waals surface area contributed by atoms with Crippen LogP contribution in [0.2, 0.25) is 0 Å². The summed E-state index contributed by atoms with van der Waals surface area (Å²) >= 11 is 0. The molecule has 0 aromatic carbocycles. The first-order valence-corrected chi connectivity index (χ1v) is 5.87. The number of nitrogens with one attached hydrogen (secondary N) is 1. The molecular weight excluding hydrogens is 176 g/mol. The van der Waals surface area contributed by atoms with Crippen LogP contribution in [0.3, 0.4) is 0 Å². The summed E-state index contributed by atoms with van der Waals surface area (Å²) in [5, 5.41) is 3.61. The van der Waals surface area contributed by atoms with E-state index < -0.39 is 0 Å². The molecule has 0 radical (unpaired) electrons. The standard InChI is InChI=1S/C11H24N2O/c1-10(9-14-8-7-12)13-11-5-3-2-4-6-11/h10-11,13H,2-9,12H2,1H3. The Balaban J connectivity index is 2.03. The lowest BCUT2D eigenvalue weighted by Gasteiger charge is -2.26. The van der Waals surface area contributed by atoms with Gasteiger partial charge in [-0.05, 0) is 19.8 Å². The molecule has 14 heavy (non-hydrogen) atoms. The van der Waals surface area contributed by atoms with Crippen LogP contribution in [0.5, 0.6) is 0 Å². The van der Waals surface area contributed by atoms with Gasteiger partial charge in [0.15, 0.2) is 0 Å². The van der Waals surface area contributed by atoms with Gasteiger partial charge in [-0.3, -0.25) is 0 Å². The van der Waals surface area contributed by atoms with Crippen LogP contribution in [0.15, 0.2) is 0 Å². The fourth-order valence-corrected chi connectivity index (χ4v) is 2.06. The van der Waals surface area contributed by atoms with Crippen molar-refractivity contribution in [2.45, 2.75) is 51.1 Å². The molecule has 84 valence electrons. The first-order chi connectivity index (χ1) is 6.83. The minimum Gasteiger partial charge on any atom is -0.379 e. The Morgan fingerprint density at radius 1 is 1.36 bits per heavy atom. The van der Waals surface area contributed by atoms with Crippen molar-refractivity contribution >= 4 is 0 Å². The van der Waals surface area contributed by atoms with E-state index >= 15 is 0 Å². The van der Waals surface area contributed by atoms with Gasteiger partial charge in [0.2, 0.25) is 0 Å². The van der Waals surface area contributed by atoms with Gasteiger partial charge in [-0.2, -0.15) is 0 Å². The maximum absolute atomic E-state index is 5.40. The molecule has 0 aromatic rings. The van der Waals surface area contributed by atoms with Gasteiger partial charge in [0, 0.05) is 18.6 Å². The molecule has 0 aliphatic heterocycles. The molecule has 1 saturated carbocycles. The zero-order valence-corrected chi connectivity index (χ0v) is 9.30. The summed E-state index contributed by atoms with van der Waals surface area (Å²) in [4.78, 5) is 0. The van der Waals surface area contributed by atoms with E-state index in [4.69, 9.17) is 10.5 Å². The zero-order chi connectivity index (χ0) is 10.2. The Hall–Kier alpha value is -0.120. The molecule has 1 unspecified atom stereocenters. The van der Waals surface area contributed by atoms with Crippen molar-refractivity contribution in [1.82, 2.24) is 5.32 Å². The summed E-state index contributed by atoms with van der Waals surface area (Å²) in [5.74, 6) is 0. The van der Waals surface area contributed by atoms with Gasteiger partial charge < -0.3 is 15.8 Å². The van der Waals surface area contributed by atoms with Crippen LogP contribution in [0, 0.1) is 0 Å². The van der Waals surface area contributed by atoms with E-state index in [2.05, 4.69) is 12.2 Å². The average molecular weight is 200 g/mol. The Bertz CT molecular complexity index is 135. The van der Waals surface area contributed by atoms with Crippen LogP contribution in [0.25, 0.3) is 0 Å². The summed E-state index contributed by atoms with van der Waals surface area (Å²) in [6, 6.07) is 1.19. The lowest BCUT2D eigenvalue weighted by molar-refractivity contribution is 0.116. The molecule has 1 aliphatic rings. The predicted molar refractivity (Wildman–Crippen MR) is 59.3 cm³/mol. The minimum absolute atomic E-state index is 0.463. The molecule has 0 saturated heterocycles. The SMILES string of the molecule is CC(COCCN)NC1CCCCC1. The molecule has 3 heteroatoms. The maximum atomic E-state index is 5.40. The third-order valence-corrected chi connectivity index (χ3v) is 2.76. The molecule has 1 fully saturated rings. The van der Waals surface area contributed by atoms with Crippen LogP contribution < -0.4 is 11.1 Å². The summed E-state index contributed by atoms with van der Waals surface area (Å²) in [6.45, 7) is 4.27. The first kappa shape index (κ1) is 12.0. The highest BCUT2D eigenvalue weighted by molar-refractivity contribution is 4.74. The summed E-state index contributed by atoms with van der Waals surface area (Å²) in [5.41, 5.74) is 5.35. The third-order valence-electron chi connectivity index (χ3n) is 2.76. The monoisotopic (exact) mass is 200 g/mol. The maximum Gasteiger partial charge on any atom is 0.0617 e. The number of ether oxygens (including phenoxy) is 1. The average Bonchev–Trinajstić information content (AvgIpc) is 2.20. The number of hydrogen-bond donors (Lipinski definition) is 2. The molecule has 0 aromatic heterocycles. The number of hydrogen-bond acceptors (Lipinski definition) is 3. The molecule has 3 N–H and O–H groups in total. The van der Waals surface area contributed by atoms with Crippen LogP contribution in [0.1, 0.15) is 39.0 Å². The minimum atomic E-state index is 0.463. The van der Waals surface area contributed by atoms with Gasteiger partial charge in [0.05, 0.1) is 13.2 Å². The van der Waals surface area contributed by atoms with Gasteiger partial charge in [-0.1, -0.05) is 19.3 Å². The molecule has 0 spiro atoms. The highest BCUT2D eigenvalue weighted by Gasteiger charge is 2.14. The Kier molecular flexibility index (Phi) is 6.15. The van der Waals surface area contributed by atoms with E-state index in [1.165, 1.54) is 32.1 Å². The van der Waals surface area contributed by atoms with Gasteiger partial charge >= 0.3 is 0 Å². The molecular formula is C11H24N2O. The molecule has 0 bridgehead atoms. The van der Waals surface area contributed by atoms with Crippen molar-refractivity contribution < 1.29 is 4.74 Å². The van der Waals surface area contributed by atoms with E-state index in [9.17, 15) is 0 Å². The predicted octanol–water partition coefficient (Wildman–Crippen LogP) is 1.27.